The molecule has 0 aromatic heterocycles. The van der Waals surface area contributed by atoms with E-state index in [4.69, 9.17) is 0 Å². The van der Waals surface area contributed by atoms with Crippen molar-refractivity contribution in [1.29, 1.82) is 0 Å². The zero-order chi connectivity index (χ0) is 15.3. The minimum Gasteiger partial charge on any atom is -0.383 e. The second kappa shape index (κ2) is 5.10. The number of aryl methyl sites for hydroxylation is 2. The third-order valence-electron chi connectivity index (χ3n) is 5.30. The molecule has 1 saturated heterocycles. The number of hydrogen-bond donors (Lipinski definition) is 2. The van der Waals surface area contributed by atoms with Crippen molar-refractivity contribution in [1.82, 2.24) is 5.32 Å². The van der Waals surface area contributed by atoms with E-state index in [1.807, 2.05) is 0 Å². The summed E-state index contributed by atoms with van der Waals surface area (Å²) in [6.07, 6.45) is 5.46. The van der Waals surface area contributed by atoms with Crippen molar-refractivity contribution in [2.75, 3.05) is 6.54 Å². The smallest absolute Gasteiger partial charge is 0.106 e. The van der Waals surface area contributed by atoms with Gasteiger partial charge in [0.15, 0.2) is 0 Å². The van der Waals surface area contributed by atoms with Gasteiger partial charge < -0.3 is 10.4 Å². The highest BCUT2D eigenvalue weighted by Crippen LogP contribution is 2.48. The molecule has 0 amide bonds. The number of rotatable bonds is 1. The first-order valence-electron chi connectivity index (χ1n) is 8.38. The van der Waals surface area contributed by atoms with E-state index in [1.54, 1.807) is 0 Å². The van der Waals surface area contributed by atoms with Gasteiger partial charge in [0.25, 0.3) is 0 Å². The molecule has 21 heavy (non-hydrogen) atoms. The molecule has 0 spiro atoms. The first-order chi connectivity index (χ1) is 9.82. The van der Waals surface area contributed by atoms with Gasteiger partial charge in [-0.1, -0.05) is 38.0 Å². The molecule has 1 aliphatic carbocycles. The summed E-state index contributed by atoms with van der Waals surface area (Å²) in [7, 11) is 0. The summed E-state index contributed by atoms with van der Waals surface area (Å²) in [5.74, 6) is 0. The molecule has 0 unspecified atom stereocenters. The number of fused-ring (bicyclic) bond motifs is 1. The Hall–Kier alpha value is -0.860. The standard InChI is InChI=1S/C19H29NO/c1-13-9-14(2)17-15(10-13)11-18(3,4)12-19(17,21)16-7-5-6-8-20-16/h9-10,16,20-21H,5-8,11-12H2,1-4H3/t16-,19+/m0/s1. The van der Waals surface area contributed by atoms with E-state index in [1.165, 1.54) is 35.1 Å². The van der Waals surface area contributed by atoms with E-state index in [0.717, 1.165) is 25.8 Å². The van der Waals surface area contributed by atoms with Crippen molar-refractivity contribution in [2.24, 2.45) is 5.41 Å². The fourth-order valence-electron chi connectivity index (χ4n) is 4.77. The maximum Gasteiger partial charge on any atom is 0.106 e. The molecule has 1 aromatic rings. The lowest BCUT2D eigenvalue weighted by atomic mass is 9.62. The van der Waals surface area contributed by atoms with Gasteiger partial charge in [0, 0.05) is 6.04 Å². The van der Waals surface area contributed by atoms with Crippen molar-refractivity contribution < 1.29 is 5.11 Å². The van der Waals surface area contributed by atoms with E-state index >= 15 is 0 Å². The van der Waals surface area contributed by atoms with Crippen LogP contribution in [0.4, 0.5) is 0 Å². The molecule has 2 aliphatic rings. The molecule has 1 aromatic carbocycles. The minimum atomic E-state index is -0.713. The monoisotopic (exact) mass is 287 g/mol. The topological polar surface area (TPSA) is 32.3 Å². The maximum atomic E-state index is 11.7. The molecule has 3 rings (SSSR count). The lowest BCUT2D eigenvalue weighted by Gasteiger charge is -2.49. The second-order valence-corrected chi connectivity index (χ2v) is 8.06. The first-order valence-corrected chi connectivity index (χ1v) is 8.38. The average molecular weight is 287 g/mol. The number of nitrogens with one attached hydrogen (secondary N) is 1. The van der Waals surface area contributed by atoms with Crippen LogP contribution in [0.1, 0.15) is 61.8 Å². The molecular formula is C19H29NO. The van der Waals surface area contributed by atoms with Crippen LogP contribution >= 0.6 is 0 Å². The minimum absolute atomic E-state index is 0.154. The second-order valence-electron chi connectivity index (χ2n) is 8.06. The van der Waals surface area contributed by atoms with Gasteiger partial charge in [0.05, 0.1) is 0 Å². The normalized spacial score (nSPS) is 31.8. The summed E-state index contributed by atoms with van der Waals surface area (Å²) in [5, 5.41) is 15.3. The van der Waals surface area contributed by atoms with Crippen LogP contribution in [0.15, 0.2) is 12.1 Å². The Morgan fingerprint density at radius 1 is 1.19 bits per heavy atom. The van der Waals surface area contributed by atoms with Crippen LogP contribution in [0.3, 0.4) is 0 Å². The first kappa shape index (κ1) is 15.1. The van der Waals surface area contributed by atoms with E-state index < -0.39 is 5.60 Å². The molecule has 2 heteroatoms. The summed E-state index contributed by atoms with van der Waals surface area (Å²) >= 11 is 0. The molecule has 116 valence electrons. The quantitative estimate of drug-likeness (QED) is 0.827. The van der Waals surface area contributed by atoms with Crippen LogP contribution in [-0.2, 0) is 12.0 Å². The van der Waals surface area contributed by atoms with Gasteiger partial charge in [-0.15, -0.1) is 0 Å². The molecule has 0 radical (unpaired) electrons. The third-order valence-corrected chi connectivity index (χ3v) is 5.30. The van der Waals surface area contributed by atoms with Gasteiger partial charge in [-0.25, -0.2) is 0 Å². The predicted molar refractivity (Wildman–Crippen MR) is 87.6 cm³/mol. The van der Waals surface area contributed by atoms with E-state index in [2.05, 4.69) is 45.1 Å². The highest BCUT2D eigenvalue weighted by molar-refractivity contribution is 5.45. The highest BCUT2D eigenvalue weighted by Gasteiger charge is 2.48. The third kappa shape index (κ3) is 2.64. The number of benzene rings is 1. The van der Waals surface area contributed by atoms with E-state index in [-0.39, 0.29) is 11.5 Å². The Morgan fingerprint density at radius 3 is 2.62 bits per heavy atom. The number of hydrogen-bond acceptors (Lipinski definition) is 2. The van der Waals surface area contributed by atoms with Gasteiger partial charge in [0.2, 0.25) is 0 Å². The summed E-state index contributed by atoms with van der Waals surface area (Å²) < 4.78 is 0. The Labute approximate surface area is 129 Å². The Balaban J connectivity index is 2.12. The van der Waals surface area contributed by atoms with Crippen LogP contribution in [0, 0.1) is 19.3 Å². The van der Waals surface area contributed by atoms with Crippen molar-refractivity contribution in [2.45, 2.75) is 71.4 Å². The Bertz CT molecular complexity index is 543. The van der Waals surface area contributed by atoms with Crippen molar-refractivity contribution in [3.63, 3.8) is 0 Å². The lowest BCUT2D eigenvalue weighted by molar-refractivity contribution is -0.0573. The van der Waals surface area contributed by atoms with Crippen molar-refractivity contribution in [3.05, 3.63) is 34.4 Å². The molecule has 0 bridgehead atoms. The molecule has 1 heterocycles. The number of piperidine rings is 1. The highest BCUT2D eigenvalue weighted by atomic mass is 16.3. The predicted octanol–water partition coefficient (Wildman–Crippen LogP) is 3.61. The summed E-state index contributed by atoms with van der Waals surface area (Å²) in [5.41, 5.74) is 4.58. The van der Waals surface area contributed by atoms with Gasteiger partial charge in [-0.3, -0.25) is 0 Å². The maximum absolute atomic E-state index is 11.7. The van der Waals surface area contributed by atoms with Crippen LogP contribution in [0.2, 0.25) is 0 Å². The van der Waals surface area contributed by atoms with Crippen molar-refractivity contribution in [3.8, 4) is 0 Å². The molecular weight excluding hydrogens is 258 g/mol. The van der Waals surface area contributed by atoms with Gasteiger partial charge >= 0.3 is 0 Å². The largest absolute Gasteiger partial charge is 0.383 e. The Kier molecular flexibility index (Phi) is 3.66. The van der Waals surface area contributed by atoms with Crippen LogP contribution in [-0.4, -0.2) is 17.7 Å². The van der Waals surface area contributed by atoms with Gasteiger partial charge in [-0.2, -0.15) is 0 Å². The molecule has 2 nitrogen and oxygen atoms in total. The molecule has 1 aliphatic heterocycles. The van der Waals surface area contributed by atoms with Gasteiger partial charge in [0.1, 0.15) is 5.60 Å². The van der Waals surface area contributed by atoms with Gasteiger partial charge in [-0.05, 0) is 68.2 Å². The average Bonchev–Trinajstić information content (AvgIpc) is 2.36. The Morgan fingerprint density at radius 2 is 1.95 bits per heavy atom. The molecule has 2 atom stereocenters. The SMILES string of the molecule is Cc1cc(C)c2c(c1)CC(C)(C)C[C@@]2(O)[C@@H]1CCCCN1. The molecule has 2 N–H and O–H groups in total. The zero-order valence-corrected chi connectivity index (χ0v) is 13.9. The lowest BCUT2D eigenvalue weighted by Crippen LogP contribution is -2.55. The summed E-state index contributed by atoms with van der Waals surface area (Å²) in [6, 6.07) is 4.72. The van der Waals surface area contributed by atoms with Crippen LogP contribution < -0.4 is 5.32 Å². The summed E-state index contributed by atoms with van der Waals surface area (Å²) in [6.45, 7) is 9.95. The van der Waals surface area contributed by atoms with Crippen LogP contribution in [0.25, 0.3) is 0 Å². The number of aliphatic hydroxyl groups is 1. The van der Waals surface area contributed by atoms with Crippen molar-refractivity contribution >= 4 is 0 Å². The van der Waals surface area contributed by atoms with E-state index in [0.29, 0.717) is 0 Å². The molecule has 0 saturated carbocycles. The fourth-order valence-corrected chi connectivity index (χ4v) is 4.77. The summed E-state index contributed by atoms with van der Waals surface area (Å²) in [4.78, 5) is 0. The fraction of sp³-hybridized carbons (Fsp3) is 0.684. The van der Waals surface area contributed by atoms with E-state index in [9.17, 15) is 5.11 Å². The van der Waals surface area contributed by atoms with Crippen LogP contribution in [0.5, 0.6) is 0 Å². The molecule has 1 fully saturated rings. The zero-order valence-electron chi connectivity index (χ0n) is 13.9.